The molecule has 0 heterocycles. The molecule has 2 amide bonds. The number of isocyanates is 2. The summed E-state index contributed by atoms with van der Waals surface area (Å²) in [5.41, 5.74) is 0. The van der Waals surface area contributed by atoms with Gasteiger partial charge < -0.3 is 83.4 Å². The summed E-state index contributed by atoms with van der Waals surface area (Å²) < 4.78 is 61.5. The molecule has 600 valence electrons. The molecule has 6 N–H and O–H groups in total. The molecule has 0 aromatic rings. The van der Waals surface area contributed by atoms with E-state index in [1.807, 2.05) is 13.8 Å². The molecule has 0 aliphatic carbocycles. The average Bonchev–Trinajstić information content (AvgIpc) is 1.71. The van der Waals surface area contributed by atoms with Gasteiger partial charge in [0, 0.05) is 76.9 Å². The largest absolute Gasteiger partial charge is 0.466 e. The number of aliphatic imine (C=N–C) groups is 3. The van der Waals surface area contributed by atoms with E-state index >= 15 is 0 Å². The minimum atomic E-state index is -0.580. The van der Waals surface area contributed by atoms with Crippen LogP contribution in [0.15, 0.2) is 15.0 Å². The Bertz CT molecular complexity index is 2230. The number of amides is 2. The first-order valence-corrected chi connectivity index (χ1v) is 35.0. The Hall–Kier alpha value is -8.88. The van der Waals surface area contributed by atoms with Crippen LogP contribution < -0.4 is 10.6 Å². The second kappa shape index (κ2) is 110. The Labute approximate surface area is 619 Å². The number of carbonyl (C=O) groups excluding carboxylic acids is 10. The summed E-state index contributed by atoms with van der Waals surface area (Å²) in [5, 5.41) is 72.1. The van der Waals surface area contributed by atoms with Gasteiger partial charge in [0.1, 0.15) is 52.9 Å². The van der Waals surface area contributed by atoms with Gasteiger partial charge in [0.2, 0.25) is 12.2 Å². The molecule has 0 saturated heterocycles. The van der Waals surface area contributed by atoms with E-state index in [1.165, 1.54) is 12.2 Å². The number of carbonyl (C=O) groups is 8. The van der Waals surface area contributed by atoms with Crippen LogP contribution in [0.2, 0.25) is 0 Å². The SMILES string of the molecule is C.C#N.CCCOC(=O)NCCCCCCCC(=O)OCC.N#COCCCCCCN=C=O.N#COCCCCCCNC(=O)OCCOC(=O)CCCCC(=O)OCCOC(=O)CCCCCCCN=C=O.N#N.O=C(CCCCC(=O)OCCO)OCCO.OCCO.[2H]C=NCCCCCC[2H]. The molecule has 0 bridgehead atoms. The monoisotopic (exact) mass is 1490 g/mol. The van der Waals surface area contributed by atoms with Gasteiger partial charge in [-0.25, -0.2) is 34.4 Å². The highest BCUT2D eigenvalue weighted by Gasteiger charge is 2.10. The third-order valence-corrected chi connectivity index (χ3v) is 12.2. The van der Waals surface area contributed by atoms with Crippen LogP contribution in [0.4, 0.5) is 9.59 Å². The van der Waals surface area contributed by atoms with Crippen molar-refractivity contribution in [2.24, 2.45) is 15.0 Å². The molecular formula is C70H126N10O24. The third kappa shape index (κ3) is 123. The van der Waals surface area contributed by atoms with Crippen LogP contribution in [0.1, 0.15) is 243 Å². The van der Waals surface area contributed by atoms with Crippen molar-refractivity contribution in [1.82, 2.24) is 10.6 Å². The van der Waals surface area contributed by atoms with Crippen molar-refractivity contribution in [3.05, 3.63) is 0 Å². The minimum absolute atomic E-state index is 0. The van der Waals surface area contributed by atoms with Gasteiger partial charge in [0.05, 0.1) is 54.1 Å². The lowest BCUT2D eigenvalue weighted by atomic mass is 10.1. The maximum atomic E-state index is 11.7. The number of hydrogen-bond donors (Lipinski definition) is 6. The van der Waals surface area contributed by atoms with Gasteiger partial charge >= 0.3 is 48.0 Å². The van der Waals surface area contributed by atoms with Crippen molar-refractivity contribution in [3.63, 3.8) is 0 Å². The lowest BCUT2D eigenvalue weighted by molar-refractivity contribution is -0.152. The summed E-state index contributed by atoms with van der Waals surface area (Å²) in [6, 6.07) is 0. The molecule has 0 rings (SSSR count). The molecule has 0 aliphatic rings. The lowest BCUT2D eigenvalue weighted by Gasteiger charge is -2.08. The molecule has 0 aromatic heterocycles. The van der Waals surface area contributed by atoms with Crippen LogP contribution in [0.5, 0.6) is 0 Å². The zero-order valence-corrected chi connectivity index (χ0v) is 61.2. The molecule has 0 radical (unpaired) electrons. The quantitative estimate of drug-likeness (QED) is 0.00627. The van der Waals surface area contributed by atoms with Gasteiger partial charge in [0.25, 0.3) is 12.5 Å². The summed E-state index contributed by atoms with van der Waals surface area (Å²) >= 11 is 0. The van der Waals surface area contributed by atoms with Gasteiger partial charge in [-0.05, 0) is 116 Å². The number of ether oxygens (including phenoxy) is 10. The fraction of sp³-hybridized carbons (Fsp3) is 0.800. The highest BCUT2D eigenvalue weighted by molar-refractivity contribution is 5.72. The van der Waals surface area contributed by atoms with Gasteiger partial charge in [0.15, 0.2) is 0 Å². The van der Waals surface area contributed by atoms with Crippen LogP contribution in [0.3, 0.4) is 0 Å². The van der Waals surface area contributed by atoms with Crippen LogP contribution in [0, 0.1) is 45.7 Å². The Kier molecular flexibility index (Phi) is 115. The Morgan fingerprint density at radius 1 is 0.404 bits per heavy atom. The van der Waals surface area contributed by atoms with E-state index in [0.29, 0.717) is 104 Å². The topological polar surface area (TPSA) is 524 Å². The van der Waals surface area contributed by atoms with Crippen LogP contribution in [-0.2, 0) is 85.7 Å². The first-order valence-electron chi connectivity index (χ1n) is 36.3. The molecule has 0 saturated carbocycles. The first-order chi connectivity index (χ1) is 51.1. The smallest absolute Gasteiger partial charge is 0.407 e. The van der Waals surface area contributed by atoms with E-state index in [9.17, 15) is 47.9 Å². The molecule has 34 nitrogen and oxygen atoms in total. The number of nitrogens with zero attached hydrogens (tertiary/aromatic N) is 8. The highest BCUT2D eigenvalue weighted by Crippen LogP contribution is 2.09. The van der Waals surface area contributed by atoms with E-state index in [1.54, 1.807) is 12.5 Å². The van der Waals surface area contributed by atoms with Gasteiger partial charge in [-0.1, -0.05) is 91.9 Å². The van der Waals surface area contributed by atoms with E-state index in [4.69, 9.17) is 78.2 Å². The Balaban J connectivity index is -0.000000170. The predicted octanol–water partition coefficient (Wildman–Crippen LogP) is 9.71. The van der Waals surface area contributed by atoms with E-state index in [2.05, 4.69) is 51.1 Å². The maximum Gasteiger partial charge on any atom is 0.407 e. The number of esters is 6. The van der Waals surface area contributed by atoms with Crippen molar-refractivity contribution in [1.29, 1.82) is 26.6 Å². The van der Waals surface area contributed by atoms with Crippen molar-refractivity contribution in [2.75, 3.05) is 125 Å². The van der Waals surface area contributed by atoms with Crippen molar-refractivity contribution < 1.29 is 118 Å². The number of rotatable bonds is 59. The van der Waals surface area contributed by atoms with E-state index < -0.39 is 18.0 Å². The summed E-state index contributed by atoms with van der Waals surface area (Å²) in [4.78, 5) is 121. The predicted molar refractivity (Wildman–Crippen MR) is 383 cm³/mol. The fourth-order valence-corrected chi connectivity index (χ4v) is 7.29. The normalized spacial score (nSPS) is 9.54. The molecule has 0 fully saturated rings. The van der Waals surface area contributed by atoms with E-state index in [-0.39, 0.29) is 129 Å². The van der Waals surface area contributed by atoms with E-state index in [0.717, 1.165) is 154 Å². The lowest BCUT2D eigenvalue weighted by Crippen LogP contribution is -2.26. The Morgan fingerprint density at radius 2 is 0.712 bits per heavy atom. The van der Waals surface area contributed by atoms with Crippen LogP contribution >= 0.6 is 0 Å². The number of nitriles is 3. The van der Waals surface area contributed by atoms with Gasteiger partial charge in [-0.3, -0.25) is 28.8 Å². The number of hydrogen-bond acceptors (Lipinski definition) is 32. The zero-order valence-electron chi connectivity index (χ0n) is 63.2. The zero-order chi connectivity index (χ0) is 80.2. The number of alkyl carbamates (subject to hydrolysis) is 2. The molecule has 0 atom stereocenters. The molecule has 34 heteroatoms. The first kappa shape index (κ1) is 109. The standard InChI is InChI=1S/C27H43N3O10.C14H27NO4.C10H18O6.C8H12N2O2.C7H15N.C2H6O2.CHN.CH4.N2/c28-22-36-17-11-5-4-10-16-30-27(35)40-21-20-39-26(34)14-8-7-13-25(33)38-19-18-37-24(32)12-6-2-1-3-9-15-29-23-31;1-3-12-19-14(17)15-11-9-7-5-6-8-10-13(16)18-4-2;11-5-7-15-9(13)3-1-2-4-10(14)16-8-6-12;9-7-12-6-4-2-1-3-5-10-8-11;1-3-4-5-6-7-8-2;3-1-2-4;1-2;;1-2/h1-21H2,(H,30,35);3-12H2,1-2H3,(H,15,17);11-12H,1-8H2;1-6H2;2-7H2,1H3;3-4H,1-2H2;1H;1H4;/i;;;;1D,2D;;;;. The van der Waals surface area contributed by atoms with Crippen LogP contribution in [0.25, 0.3) is 0 Å². The van der Waals surface area contributed by atoms with Crippen LogP contribution in [-0.4, -0.2) is 213 Å². The van der Waals surface area contributed by atoms with Crippen molar-refractivity contribution in [2.45, 2.75) is 240 Å². The molecule has 0 spiro atoms. The number of aliphatic hydroxyl groups is 4. The fourth-order valence-electron chi connectivity index (χ4n) is 7.29. The number of unbranched alkanes of at least 4 members (excludes halogenated alkanes) is 19. The molecule has 0 unspecified atom stereocenters. The summed E-state index contributed by atoms with van der Waals surface area (Å²) in [6.45, 7) is 13.0. The second-order valence-corrected chi connectivity index (χ2v) is 20.9. The molecule has 104 heavy (non-hydrogen) atoms. The van der Waals surface area contributed by atoms with Gasteiger partial charge in [-0.2, -0.15) is 10.5 Å². The summed E-state index contributed by atoms with van der Waals surface area (Å²) in [7, 11) is 0. The molecule has 0 aromatic carbocycles. The molecular weight excluding hydrogens is 1360 g/mol. The average molecular weight is 1490 g/mol. The minimum Gasteiger partial charge on any atom is -0.466 e. The summed E-state index contributed by atoms with van der Waals surface area (Å²) in [6.07, 6.45) is 30.5. The van der Waals surface area contributed by atoms with Crippen molar-refractivity contribution >= 4 is 66.9 Å². The summed E-state index contributed by atoms with van der Waals surface area (Å²) in [5.74, 6) is -2.08. The van der Waals surface area contributed by atoms with Gasteiger partial charge in [-0.15, -0.1) is 0 Å². The highest BCUT2D eigenvalue weighted by atomic mass is 16.6. The Morgan fingerprint density at radius 3 is 1.05 bits per heavy atom. The maximum absolute atomic E-state index is 11.7. The second-order valence-electron chi connectivity index (χ2n) is 20.9. The third-order valence-electron chi connectivity index (χ3n) is 12.2. The van der Waals surface area contributed by atoms with Crippen molar-refractivity contribution in [3.8, 4) is 19.1 Å². The molecule has 0 aliphatic heterocycles. The number of aliphatic hydroxyl groups excluding tert-OH is 4. The number of nitrogens with one attached hydrogen (secondary N) is 2.